The molecule has 4 aromatic rings. The summed E-state index contributed by atoms with van der Waals surface area (Å²) in [4.78, 5) is 13.0. The van der Waals surface area contributed by atoms with Gasteiger partial charge in [-0.2, -0.15) is 4.99 Å². The zero-order valence-corrected chi connectivity index (χ0v) is 23.9. The van der Waals surface area contributed by atoms with E-state index in [1.165, 1.54) is 41.7 Å². The Morgan fingerprint density at radius 3 is 1.37 bits per heavy atom. The Balaban J connectivity index is 0. The fourth-order valence-corrected chi connectivity index (χ4v) is 2.85. The summed E-state index contributed by atoms with van der Waals surface area (Å²) in [6.07, 6.45) is 5.31. The molecule has 0 aliphatic rings. The minimum Gasteiger partial charge on any atom is -0.512 e. The van der Waals surface area contributed by atoms with Crippen molar-refractivity contribution in [3.8, 4) is 0 Å². The molecule has 2 aromatic heterocycles. The highest BCUT2D eigenvalue weighted by atomic mass is 16.3. The Labute approximate surface area is 226 Å². The van der Waals surface area contributed by atoms with Gasteiger partial charge in [0.1, 0.15) is 5.84 Å². The largest absolute Gasteiger partial charge is 0.512 e. The van der Waals surface area contributed by atoms with Crippen LogP contribution in [0.5, 0.6) is 0 Å². The van der Waals surface area contributed by atoms with Crippen LogP contribution in [-0.2, 0) is 18.9 Å². The molecule has 0 spiro atoms. The van der Waals surface area contributed by atoms with Gasteiger partial charge in [-0.1, -0.05) is 64.1 Å². The molecular formula is C29H45N7O2. The second-order valence-corrected chi connectivity index (χ2v) is 7.27. The van der Waals surface area contributed by atoms with Gasteiger partial charge < -0.3 is 31.4 Å². The highest BCUT2D eigenvalue weighted by Crippen LogP contribution is 2.13. The normalized spacial score (nSPS) is 9.32. The molecule has 1 amide bonds. The minimum atomic E-state index is -0.375. The maximum atomic E-state index is 9.91. The highest BCUT2D eigenvalue weighted by molar-refractivity contribution is 5.90. The van der Waals surface area contributed by atoms with Crippen LogP contribution in [-0.4, -0.2) is 31.9 Å². The van der Waals surface area contributed by atoms with Gasteiger partial charge in [-0.25, -0.2) is 0 Å². The quantitative estimate of drug-likeness (QED) is 0.124. The summed E-state index contributed by atoms with van der Waals surface area (Å²) in [5, 5.41) is 17.5. The van der Waals surface area contributed by atoms with Gasteiger partial charge in [0, 0.05) is 50.5 Å². The lowest BCUT2D eigenvalue weighted by molar-refractivity contribution is -0.115. The van der Waals surface area contributed by atoms with Gasteiger partial charge in [-0.3, -0.25) is 10.2 Å². The van der Waals surface area contributed by atoms with Gasteiger partial charge in [-0.05, 0) is 42.0 Å². The number of amides is 1. The molecule has 0 bridgehead atoms. The lowest BCUT2D eigenvalue weighted by atomic mass is 10.2. The van der Waals surface area contributed by atoms with Gasteiger partial charge in [0.15, 0.2) is 5.96 Å². The van der Waals surface area contributed by atoms with Crippen molar-refractivity contribution in [1.82, 2.24) is 9.13 Å². The summed E-state index contributed by atoms with van der Waals surface area (Å²) in [5.41, 5.74) is 17.0. The number of allylic oxidation sites excluding steroid dienone is 1. The van der Waals surface area contributed by atoms with Crippen molar-refractivity contribution < 1.29 is 9.90 Å². The highest BCUT2D eigenvalue weighted by Gasteiger charge is 1.93. The SMILES string of the molecule is CC.CC.CC(=O)N=C(N)N.CC(O)=CC(=N)N.Cn1ccc2ccccc21.Cn1ccc2ccccc21. The van der Waals surface area contributed by atoms with Gasteiger partial charge in [-0.15, -0.1) is 0 Å². The number of amidine groups is 1. The molecule has 0 aliphatic carbocycles. The van der Waals surface area contributed by atoms with Crippen molar-refractivity contribution in [3.63, 3.8) is 0 Å². The molecule has 0 aliphatic heterocycles. The Hall–Kier alpha value is -4.53. The summed E-state index contributed by atoms with van der Waals surface area (Å²) in [6.45, 7) is 10.7. The minimum absolute atomic E-state index is 0.0625. The molecule has 2 heterocycles. The van der Waals surface area contributed by atoms with Crippen LogP contribution in [0.1, 0.15) is 41.5 Å². The first kappa shape index (κ1) is 35.6. The number of fused-ring (bicyclic) bond motifs is 2. The number of aliphatic hydroxyl groups is 1. The molecule has 9 heteroatoms. The van der Waals surface area contributed by atoms with Crippen LogP contribution in [0.4, 0.5) is 0 Å². The summed E-state index contributed by atoms with van der Waals surface area (Å²) in [5.74, 6) is -0.625. The van der Waals surface area contributed by atoms with E-state index in [9.17, 15) is 4.79 Å². The number of guanidine groups is 1. The molecule has 8 N–H and O–H groups in total. The third-order valence-corrected chi connectivity index (χ3v) is 4.24. The predicted molar refractivity (Wildman–Crippen MR) is 163 cm³/mol. The van der Waals surface area contributed by atoms with Crippen LogP contribution in [0.3, 0.4) is 0 Å². The second kappa shape index (κ2) is 20.6. The summed E-state index contributed by atoms with van der Waals surface area (Å²) in [7, 11) is 4.12. The average molecular weight is 524 g/mol. The first-order valence-corrected chi connectivity index (χ1v) is 12.3. The number of benzene rings is 2. The Morgan fingerprint density at radius 2 is 1.16 bits per heavy atom. The zero-order chi connectivity index (χ0) is 29.7. The van der Waals surface area contributed by atoms with Gasteiger partial charge in [0.2, 0.25) is 5.91 Å². The molecular weight excluding hydrogens is 478 g/mol. The van der Waals surface area contributed by atoms with Crippen molar-refractivity contribution in [2.45, 2.75) is 41.5 Å². The molecule has 0 fully saturated rings. The third kappa shape index (κ3) is 15.5. The number of aryl methyl sites for hydroxylation is 2. The predicted octanol–water partition coefficient (Wildman–Crippen LogP) is 5.60. The molecule has 2 aromatic carbocycles. The first-order valence-electron chi connectivity index (χ1n) is 12.3. The molecule has 0 saturated carbocycles. The number of hydrogen-bond acceptors (Lipinski definition) is 3. The zero-order valence-electron chi connectivity index (χ0n) is 23.9. The Morgan fingerprint density at radius 1 is 0.789 bits per heavy atom. The molecule has 38 heavy (non-hydrogen) atoms. The van der Waals surface area contributed by atoms with E-state index in [1.54, 1.807) is 0 Å². The van der Waals surface area contributed by atoms with Crippen LogP contribution in [0.15, 0.2) is 89.9 Å². The van der Waals surface area contributed by atoms with E-state index in [0.29, 0.717) is 0 Å². The Bertz CT molecular complexity index is 1180. The smallest absolute Gasteiger partial charge is 0.245 e. The number of rotatable bonds is 1. The van der Waals surface area contributed by atoms with Gasteiger partial charge in [0.05, 0.1) is 5.76 Å². The van der Waals surface area contributed by atoms with Crippen LogP contribution in [0, 0.1) is 5.41 Å². The number of nitrogens with one attached hydrogen (secondary N) is 1. The number of nitrogens with zero attached hydrogens (tertiary/aromatic N) is 3. The van der Waals surface area contributed by atoms with Crippen LogP contribution in [0.2, 0.25) is 0 Å². The molecule has 208 valence electrons. The molecule has 0 unspecified atom stereocenters. The number of aliphatic imine (C=N–C) groups is 1. The number of para-hydroxylation sites is 2. The standard InChI is InChI=1S/2C9H9N.C4H8N2O.C3H7N3O.2C2H6/c2*1-10-7-6-8-4-2-3-5-9(8)10;1-3(7)2-4(5)6;1-2(7)6-3(4)5;2*1-2/h2*2-7H,1H3;2,7H,1H3,(H3,5,6);1H3,(H4,4,5,6,7);2*1-2H3. The van der Waals surface area contributed by atoms with E-state index >= 15 is 0 Å². The van der Waals surface area contributed by atoms with E-state index in [2.05, 4.69) is 101 Å². The number of aliphatic hydroxyl groups excluding tert-OH is 1. The van der Waals surface area contributed by atoms with Crippen molar-refractivity contribution in [2.24, 2.45) is 36.3 Å². The van der Waals surface area contributed by atoms with Crippen LogP contribution in [0.25, 0.3) is 21.8 Å². The summed E-state index contributed by atoms with van der Waals surface area (Å²) < 4.78 is 4.24. The molecule has 0 radical (unpaired) electrons. The topological polar surface area (TPSA) is 161 Å². The lowest BCUT2D eigenvalue weighted by Gasteiger charge is -1.92. The van der Waals surface area contributed by atoms with Crippen molar-refractivity contribution in [2.75, 3.05) is 0 Å². The molecule has 0 saturated heterocycles. The van der Waals surface area contributed by atoms with Crippen molar-refractivity contribution in [1.29, 1.82) is 5.41 Å². The second-order valence-electron chi connectivity index (χ2n) is 7.27. The fraction of sp³-hybridized carbons (Fsp3) is 0.276. The molecule has 4 rings (SSSR count). The number of nitrogens with two attached hydrogens (primary N) is 3. The van der Waals surface area contributed by atoms with E-state index in [4.69, 9.17) is 27.7 Å². The number of aromatic nitrogens is 2. The summed E-state index contributed by atoms with van der Waals surface area (Å²) >= 11 is 0. The average Bonchev–Trinajstić information content (AvgIpc) is 3.44. The van der Waals surface area contributed by atoms with E-state index in [0.717, 1.165) is 0 Å². The first-order chi connectivity index (χ1) is 18.0. The monoisotopic (exact) mass is 523 g/mol. The summed E-state index contributed by atoms with van der Waals surface area (Å²) in [6, 6.07) is 21.0. The van der Waals surface area contributed by atoms with Crippen LogP contribution >= 0.6 is 0 Å². The van der Waals surface area contributed by atoms with Crippen LogP contribution < -0.4 is 17.2 Å². The van der Waals surface area contributed by atoms with E-state index in [-0.39, 0.29) is 23.5 Å². The molecule has 9 nitrogen and oxygen atoms in total. The van der Waals surface area contributed by atoms with Crippen molar-refractivity contribution in [3.05, 3.63) is 84.9 Å². The van der Waals surface area contributed by atoms with E-state index in [1.807, 2.05) is 27.7 Å². The molecule has 0 atom stereocenters. The maximum Gasteiger partial charge on any atom is 0.245 e. The van der Waals surface area contributed by atoms with Gasteiger partial charge in [0.25, 0.3) is 0 Å². The number of carbonyl (C=O) groups is 1. The maximum absolute atomic E-state index is 9.91. The lowest BCUT2D eigenvalue weighted by Crippen LogP contribution is -2.23. The number of carbonyl (C=O) groups excluding carboxylic acids is 1. The fourth-order valence-electron chi connectivity index (χ4n) is 2.85. The third-order valence-electron chi connectivity index (χ3n) is 4.24. The Kier molecular flexibility index (Phi) is 19.4. The van der Waals surface area contributed by atoms with Gasteiger partial charge >= 0.3 is 0 Å². The van der Waals surface area contributed by atoms with Crippen molar-refractivity contribution >= 4 is 39.5 Å². The number of hydrogen-bond donors (Lipinski definition) is 5. The van der Waals surface area contributed by atoms with E-state index < -0.39 is 0 Å².